The van der Waals surface area contributed by atoms with Crippen LogP contribution in [0.3, 0.4) is 0 Å². The fourth-order valence-corrected chi connectivity index (χ4v) is 3.83. The number of ether oxygens (including phenoxy) is 3. The van der Waals surface area contributed by atoms with E-state index in [0.717, 1.165) is 44.5 Å². The first-order chi connectivity index (χ1) is 9.13. The number of esters is 1. The molecule has 1 heterocycles. The van der Waals surface area contributed by atoms with Gasteiger partial charge in [-0.2, -0.15) is 0 Å². The molecule has 4 heteroatoms. The quantitative estimate of drug-likeness (QED) is 0.569. The molecule has 0 aromatic rings. The largest absolute Gasteiger partial charge is 0.463 e. The van der Waals surface area contributed by atoms with Crippen molar-refractivity contribution in [3.63, 3.8) is 0 Å². The van der Waals surface area contributed by atoms with Crippen LogP contribution in [0, 0.1) is 11.8 Å². The molecule has 3 aliphatic rings. The van der Waals surface area contributed by atoms with Crippen molar-refractivity contribution in [1.82, 2.24) is 0 Å². The van der Waals surface area contributed by atoms with Gasteiger partial charge < -0.3 is 14.2 Å². The average molecular weight is 266 g/mol. The van der Waals surface area contributed by atoms with E-state index in [1.54, 1.807) is 0 Å². The number of carbonyl (C=O) groups excluding carboxylic acids is 1. The lowest BCUT2D eigenvalue weighted by molar-refractivity contribution is -0.154. The number of hydrogen-bond acceptors (Lipinski definition) is 4. The molecule has 0 unspecified atom stereocenters. The van der Waals surface area contributed by atoms with E-state index in [1.807, 2.05) is 13.8 Å². The van der Waals surface area contributed by atoms with E-state index in [2.05, 4.69) is 0 Å². The van der Waals surface area contributed by atoms with E-state index < -0.39 is 0 Å². The van der Waals surface area contributed by atoms with E-state index in [0.29, 0.717) is 18.4 Å². The van der Waals surface area contributed by atoms with Gasteiger partial charge >= 0.3 is 5.97 Å². The van der Waals surface area contributed by atoms with E-state index in [1.165, 1.54) is 5.57 Å². The van der Waals surface area contributed by atoms with Crippen molar-refractivity contribution in [2.75, 3.05) is 19.8 Å². The molecule has 1 spiro atoms. The highest BCUT2D eigenvalue weighted by molar-refractivity contribution is 5.88. The molecule has 0 amide bonds. The maximum atomic E-state index is 11.8. The summed E-state index contributed by atoms with van der Waals surface area (Å²) in [5, 5.41) is 0. The van der Waals surface area contributed by atoms with Gasteiger partial charge in [0.25, 0.3) is 0 Å². The SMILES string of the molecule is CCOC(=O)C(C)=C1C[C@@H]2CC3(C[C@@H]2C1)OCCO3. The Balaban J connectivity index is 1.67. The molecule has 2 aliphatic carbocycles. The Kier molecular flexibility index (Phi) is 3.39. The van der Waals surface area contributed by atoms with Crippen molar-refractivity contribution in [2.24, 2.45) is 11.8 Å². The molecule has 0 aromatic carbocycles. The zero-order chi connectivity index (χ0) is 13.5. The summed E-state index contributed by atoms with van der Waals surface area (Å²) in [6, 6.07) is 0. The number of fused-ring (bicyclic) bond motifs is 1. The van der Waals surface area contributed by atoms with Gasteiger partial charge in [0.15, 0.2) is 5.79 Å². The van der Waals surface area contributed by atoms with Crippen molar-refractivity contribution >= 4 is 5.97 Å². The van der Waals surface area contributed by atoms with Crippen LogP contribution in [0.2, 0.25) is 0 Å². The number of hydrogen-bond donors (Lipinski definition) is 0. The molecule has 2 saturated carbocycles. The fourth-order valence-electron chi connectivity index (χ4n) is 3.83. The van der Waals surface area contributed by atoms with Crippen molar-refractivity contribution in [3.8, 4) is 0 Å². The van der Waals surface area contributed by atoms with E-state index in [-0.39, 0.29) is 11.8 Å². The molecule has 0 bridgehead atoms. The van der Waals surface area contributed by atoms with Crippen molar-refractivity contribution in [3.05, 3.63) is 11.1 Å². The van der Waals surface area contributed by atoms with Crippen molar-refractivity contribution in [2.45, 2.75) is 45.3 Å². The number of carbonyl (C=O) groups is 1. The lowest BCUT2D eigenvalue weighted by Gasteiger charge is -2.22. The van der Waals surface area contributed by atoms with Gasteiger partial charge in [-0.25, -0.2) is 4.79 Å². The Morgan fingerprint density at radius 2 is 1.84 bits per heavy atom. The summed E-state index contributed by atoms with van der Waals surface area (Å²) in [5.74, 6) is 0.772. The van der Waals surface area contributed by atoms with Gasteiger partial charge in [-0.1, -0.05) is 5.57 Å². The van der Waals surface area contributed by atoms with Crippen LogP contribution >= 0.6 is 0 Å². The molecule has 1 saturated heterocycles. The summed E-state index contributed by atoms with van der Waals surface area (Å²) in [6.07, 6.45) is 3.97. The first kappa shape index (κ1) is 13.1. The minimum Gasteiger partial charge on any atom is -0.463 e. The summed E-state index contributed by atoms with van der Waals surface area (Å²) >= 11 is 0. The van der Waals surface area contributed by atoms with Crippen molar-refractivity contribution < 1.29 is 19.0 Å². The highest BCUT2D eigenvalue weighted by Crippen LogP contribution is 2.54. The standard InChI is InChI=1S/C15H22O4/c1-3-17-14(16)10(2)11-6-12-8-15(9-13(12)7-11)18-4-5-19-15/h12-13H,3-9H2,1-2H3/t12-,13+. The lowest BCUT2D eigenvalue weighted by atomic mass is 10.0. The molecular weight excluding hydrogens is 244 g/mol. The van der Waals surface area contributed by atoms with Crippen LogP contribution in [0.15, 0.2) is 11.1 Å². The first-order valence-corrected chi connectivity index (χ1v) is 7.27. The van der Waals surface area contributed by atoms with Crippen LogP contribution in [0.4, 0.5) is 0 Å². The minimum absolute atomic E-state index is 0.152. The Labute approximate surface area is 114 Å². The summed E-state index contributed by atoms with van der Waals surface area (Å²) < 4.78 is 16.7. The van der Waals surface area contributed by atoms with Crippen molar-refractivity contribution in [1.29, 1.82) is 0 Å². The Bertz CT molecular complexity index is 388. The van der Waals surface area contributed by atoms with Gasteiger partial charge in [-0.3, -0.25) is 0 Å². The zero-order valence-corrected chi connectivity index (χ0v) is 11.7. The molecule has 4 nitrogen and oxygen atoms in total. The number of allylic oxidation sites excluding steroid dienone is 1. The average Bonchev–Trinajstić information content (AvgIpc) is 3.04. The monoisotopic (exact) mass is 266 g/mol. The highest BCUT2D eigenvalue weighted by Gasteiger charge is 2.52. The summed E-state index contributed by atoms with van der Waals surface area (Å²) in [4.78, 5) is 11.8. The van der Waals surface area contributed by atoms with Gasteiger partial charge in [0.2, 0.25) is 0 Å². The highest BCUT2D eigenvalue weighted by atomic mass is 16.7. The lowest BCUT2D eigenvalue weighted by Crippen LogP contribution is -2.26. The minimum atomic E-state index is -0.293. The molecule has 0 aromatic heterocycles. The molecule has 106 valence electrons. The Hall–Kier alpha value is -0.870. The predicted molar refractivity (Wildman–Crippen MR) is 69.4 cm³/mol. The first-order valence-electron chi connectivity index (χ1n) is 7.27. The molecular formula is C15H22O4. The van der Waals surface area contributed by atoms with Crippen LogP contribution < -0.4 is 0 Å². The normalized spacial score (nSPS) is 34.6. The second kappa shape index (κ2) is 4.91. The maximum absolute atomic E-state index is 11.8. The summed E-state index contributed by atoms with van der Waals surface area (Å²) in [7, 11) is 0. The van der Waals surface area contributed by atoms with Gasteiger partial charge in [-0.15, -0.1) is 0 Å². The molecule has 0 radical (unpaired) electrons. The number of rotatable bonds is 2. The Morgan fingerprint density at radius 3 is 2.37 bits per heavy atom. The van der Waals surface area contributed by atoms with Gasteiger partial charge in [-0.05, 0) is 38.5 Å². The summed E-state index contributed by atoms with van der Waals surface area (Å²) in [5.41, 5.74) is 2.10. The molecule has 2 atom stereocenters. The molecule has 1 aliphatic heterocycles. The van der Waals surface area contributed by atoms with Crippen LogP contribution in [-0.4, -0.2) is 31.6 Å². The van der Waals surface area contributed by atoms with Gasteiger partial charge in [0, 0.05) is 18.4 Å². The van der Waals surface area contributed by atoms with Gasteiger partial charge in [0.1, 0.15) is 0 Å². The van der Waals surface area contributed by atoms with Crippen LogP contribution in [0.5, 0.6) is 0 Å². The summed E-state index contributed by atoms with van der Waals surface area (Å²) in [6.45, 7) is 5.64. The van der Waals surface area contributed by atoms with Gasteiger partial charge in [0.05, 0.1) is 19.8 Å². The third-order valence-electron chi connectivity index (χ3n) is 4.76. The Morgan fingerprint density at radius 1 is 1.26 bits per heavy atom. The predicted octanol–water partition coefficient (Wildman–Crippen LogP) is 2.43. The van der Waals surface area contributed by atoms with Crippen LogP contribution in [0.25, 0.3) is 0 Å². The second-order valence-electron chi connectivity index (χ2n) is 5.89. The molecule has 0 N–H and O–H groups in total. The maximum Gasteiger partial charge on any atom is 0.333 e. The third-order valence-corrected chi connectivity index (χ3v) is 4.76. The molecule has 3 fully saturated rings. The smallest absolute Gasteiger partial charge is 0.333 e. The molecule has 3 rings (SSSR count). The van der Waals surface area contributed by atoms with Crippen LogP contribution in [-0.2, 0) is 19.0 Å². The third kappa shape index (κ3) is 2.32. The van der Waals surface area contributed by atoms with Crippen LogP contribution in [0.1, 0.15) is 39.5 Å². The zero-order valence-electron chi connectivity index (χ0n) is 11.7. The van der Waals surface area contributed by atoms with E-state index >= 15 is 0 Å². The van der Waals surface area contributed by atoms with E-state index in [4.69, 9.17) is 14.2 Å². The fraction of sp³-hybridized carbons (Fsp3) is 0.800. The van der Waals surface area contributed by atoms with E-state index in [9.17, 15) is 4.79 Å². The second-order valence-corrected chi connectivity index (χ2v) is 5.89. The topological polar surface area (TPSA) is 44.8 Å². The molecule has 19 heavy (non-hydrogen) atoms.